The van der Waals surface area contributed by atoms with E-state index in [1.54, 1.807) is 12.1 Å². The maximum atomic E-state index is 12.4. The van der Waals surface area contributed by atoms with E-state index >= 15 is 0 Å². The van der Waals surface area contributed by atoms with E-state index in [1.165, 1.54) is 5.56 Å². The van der Waals surface area contributed by atoms with Crippen molar-refractivity contribution in [2.24, 2.45) is 0 Å². The smallest absolute Gasteiger partial charge is 0.240 e. The Bertz CT molecular complexity index is 540. The molecule has 1 aliphatic rings. The van der Waals surface area contributed by atoms with Crippen LogP contribution in [0.2, 0.25) is 0 Å². The van der Waals surface area contributed by atoms with Crippen LogP contribution in [0.4, 0.5) is 0 Å². The fraction of sp³-hybridized carbons (Fsp3) is 0.625. The molecule has 1 aliphatic heterocycles. The third kappa shape index (κ3) is 4.53. The zero-order valence-corrected chi connectivity index (χ0v) is 13.8. The predicted molar refractivity (Wildman–Crippen MR) is 85.9 cm³/mol. The SMILES string of the molecule is CCCc1ccc(S(=O)(=O)N[C@@H]2CCCN(CC)C2)cc1. The Morgan fingerprint density at radius 3 is 2.57 bits per heavy atom. The first-order valence-corrected chi connectivity index (χ1v) is 9.37. The highest BCUT2D eigenvalue weighted by Gasteiger charge is 2.24. The Morgan fingerprint density at radius 2 is 1.95 bits per heavy atom. The molecule has 1 aromatic carbocycles. The van der Waals surface area contributed by atoms with Gasteiger partial charge in [0.1, 0.15) is 0 Å². The number of hydrogen-bond donors (Lipinski definition) is 1. The topological polar surface area (TPSA) is 49.4 Å². The number of aryl methyl sites for hydroxylation is 1. The highest BCUT2D eigenvalue weighted by Crippen LogP contribution is 2.15. The molecule has 0 saturated carbocycles. The molecule has 5 heteroatoms. The summed E-state index contributed by atoms with van der Waals surface area (Å²) in [6, 6.07) is 7.29. The number of rotatable bonds is 6. The lowest BCUT2D eigenvalue weighted by molar-refractivity contribution is 0.211. The van der Waals surface area contributed by atoms with E-state index in [2.05, 4.69) is 23.5 Å². The minimum Gasteiger partial charge on any atom is -0.302 e. The van der Waals surface area contributed by atoms with Gasteiger partial charge in [-0.3, -0.25) is 0 Å². The highest BCUT2D eigenvalue weighted by atomic mass is 32.2. The van der Waals surface area contributed by atoms with Gasteiger partial charge in [-0.25, -0.2) is 13.1 Å². The monoisotopic (exact) mass is 310 g/mol. The molecule has 1 N–H and O–H groups in total. The number of likely N-dealkylation sites (N-methyl/N-ethyl adjacent to an activating group) is 1. The molecule has 118 valence electrons. The number of benzene rings is 1. The van der Waals surface area contributed by atoms with E-state index in [0.717, 1.165) is 45.3 Å². The zero-order chi connectivity index (χ0) is 15.3. The van der Waals surface area contributed by atoms with Crippen molar-refractivity contribution < 1.29 is 8.42 Å². The minimum atomic E-state index is -3.40. The number of nitrogens with zero attached hydrogens (tertiary/aromatic N) is 1. The van der Waals surface area contributed by atoms with Crippen molar-refractivity contribution in [3.63, 3.8) is 0 Å². The van der Waals surface area contributed by atoms with Crippen LogP contribution in [0.1, 0.15) is 38.7 Å². The van der Waals surface area contributed by atoms with Crippen molar-refractivity contribution in [2.75, 3.05) is 19.6 Å². The van der Waals surface area contributed by atoms with Crippen LogP contribution in [0.3, 0.4) is 0 Å². The Hall–Kier alpha value is -0.910. The van der Waals surface area contributed by atoms with Gasteiger partial charge in [-0.1, -0.05) is 32.4 Å². The molecule has 0 spiro atoms. The standard InChI is InChI=1S/C16H26N2O2S/c1-3-6-14-8-10-16(11-9-14)21(19,20)17-15-7-5-12-18(4-2)13-15/h8-11,15,17H,3-7,12-13H2,1-2H3/t15-/m1/s1. The second-order valence-electron chi connectivity index (χ2n) is 5.75. The quantitative estimate of drug-likeness (QED) is 0.878. The van der Waals surface area contributed by atoms with Gasteiger partial charge in [0, 0.05) is 12.6 Å². The van der Waals surface area contributed by atoms with E-state index < -0.39 is 10.0 Å². The van der Waals surface area contributed by atoms with E-state index in [9.17, 15) is 8.42 Å². The van der Waals surface area contributed by atoms with Crippen molar-refractivity contribution in [3.05, 3.63) is 29.8 Å². The van der Waals surface area contributed by atoms with Crippen LogP contribution in [0.5, 0.6) is 0 Å². The number of nitrogens with one attached hydrogen (secondary N) is 1. The summed E-state index contributed by atoms with van der Waals surface area (Å²) in [4.78, 5) is 2.66. The van der Waals surface area contributed by atoms with Gasteiger partial charge in [-0.2, -0.15) is 0 Å². The molecule has 0 amide bonds. The Balaban J connectivity index is 2.03. The number of piperidine rings is 1. The molecule has 21 heavy (non-hydrogen) atoms. The maximum Gasteiger partial charge on any atom is 0.240 e. The minimum absolute atomic E-state index is 0.0269. The lowest BCUT2D eigenvalue weighted by Gasteiger charge is -2.32. The van der Waals surface area contributed by atoms with Gasteiger partial charge in [0.15, 0.2) is 0 Å². The maximum absolute atomic E-state index is 12.4. The molecule has 0 aliphatic carbocycles. The largest absolute Gasteiger partial charge is 0.302 e. The normalized spacial score (nSPS) is 20.6. The number of hydrogen-bond acceptors (Lipinski definition) is 3. The Kier molecular flexibility index (Phi) is 5.79. The molecule has 0 aromatic heterocycles. The van der Waals surface area contributed by atoms with Crippen LogP contribution in [0.15, 0.2) is 29.2 Å². The lowest BCUT2D eigenvalue weighted by atomic mass is 10.1. The molecule has 0 unspecified atom stereocenters. The molecule has 1 saturated heterocycles. The van der Waals surface area contributed by atoms with Crippen LogP contribution < -0.4 is 4.72 Å². The van der Waals surface area contributed by atoms with E-state index in [-0.39, 0.29) is 6.04 Å². The van der Waals surface area contributed by atoms with Gasteiger partial charge in [-0.15, -0.1) is 0 Å². The average molecular weight is 310 g/mol. The second-order valence-corrected chi connectivity index (χ2v) is 7.46. The summed E-state index contributed by atoms with van der Waals surface area (Å²) in [5.74, 6) is 0. The Labute approximate surface area is 128 Å². The first-order valence-electron chi connectivity index (χ1n) is 7.88. The van der Waals surface area contributed by atoms with Crippen LogP contribution in [-0.4, -0.2) is 39.0 Å². The average Bonchev–Trinajstić information content (AvgIpc) is 2.48. The molecule has 0 radical (unpaired) electrons. The summed E-state index contributed by atoms with van der Waals surface area (Å²) < 4.78 is 27.7. The lowest BCUT2D eigenvalue weighted by Crippen LogP contribution is -2.47. The first-order chi connectivity index (χ1) is 10.0. The van der Waals surface area contributed by atoms with Gasteiger partial charge < -0.3 is 4.90 Å². The molecule has 2 rings (SSSR count). The van der Waals surface area contributed by atoms with Crippen molar-refractivity contribution in [1.29, 1.82) is 0 Å². The van der Waals surface area contributed by atoms with Gasteiger partial charge in [0.2, 0.25) is 10.0 Å². The molecule has 4 nitrogen and oxygen atoms in total. The summed E-state index contributed by atoms with van der Waals surface area (Å²) in [7, 11) is -3.40. The second kappa shape index (κ2) is 7.38. The summed E-state index contributed by atoms with van der Waals surface area (Å²) >= 11 is 0. The summed E-state index contributed by atoms with van der Waals surface area (Å²) in [5, 5.41) is 0. The predicted octanol–water partition coefficient (Wildman–Crippen LogP) is 2.40. The summed E-state index contributed by atoms with van der Waals surface area (Å²) in [5.41, 5.74) is 1.19. The molecule has 1 aromatic rings. The van der Waals surface area contributed by atoms with Gasteiger partial charge >= 0.3 is 0 Å². The van der Waals surface area contributed by atoms with Crippen LogP contribution in [-0.2, 0) is 16.4 Å². The van der Waals surface area contributed by atoms with Crippen molar-refractivity contribution >= 4 is 10.0 Å². The van der Waals surface area contributed by atoms with E-state index in [4.69, 9.17) is 0 Å². The molecule has 0 bridgehead atoms. The fourth-order valence-corrected chi connectivity index (χ4v) is 4.11. The van der Waals surface area contributed by atoms with Gasteiger partial charge in [0.05, 0.1) is 4.90 Å². The highest BCUT2D eigenvalue weighted by molar-refractivity contribution is 7.89. The van der Waals surface area contributed by atoms with Gasteiger partial charge in [-0.05, 0) is 50.0 Å². The molecular weight excluding hydrogens is 284 g/mol. The van der Waals surface area contributed by atoms with Crippen LogP contribution >= 0.6 is 0 Å². The van der Waals surface area contributed by atoms with Crippen molar-refractivity contribution in [2.45, 2.75) is 50.5 Å². The first kappa shape index (κ1) is 16.5. The van der Waals surface area contributed by atoms with Crippen molar-refractivity contribution in [3.8, 4) is 0 Å². The number of likely N-dealkylation sites (tertiary alicyclic amines) is 1. The molecule has 1 fully saturated rings. The zero-order valence-electron chi connectivity index (χ0n) is 13.0. The molecule has 1 atom stereocenters. The summed E-state index contributed by atoms with van der Waals surface area (Å²) in [6.07, 6.45) is 4.03. The van der Waals surface area contributed by atoms with Crippen molar-refractivity contribution in [1.82, 2.24) is 9.62 Å². The fourth-order valence-electron chi connectivity index (χ4n) is 2.85. The van der Waals surface area contributed by atoms with Gasteiger partial charge in [0.25, 0.3) is 0 Å². The van der Waals surface area contributed by atoms with E-state index in [1.807, 2.05) is 12.1 Å². The van der Waals surface area contributed by atoms with E-state index in [0.29, 0.717) is 4.90 Å². The van der Waals surface area contributed by atoms with Crippen LogP contribution in [0, 0.1) is 0 Å². The third-order valence-electron chi connectivity index (χ3n) is 4.05. The molecule has 1 heterocycles. The summed E-state index contributed by atoms with van der Waals surface area (Å²) in [6.45, 7) is 7.09. The third-order valence-corrected chi connectivity index (χ3v) is 5.58. The van der Waals surface area contributed by atoms with Crippen LogP contribution in [0.25, 0.3) is 0 Å². The Morgan fingerprint density at radius 1 is 1.24 bits per heavy atom. The number of sulfonamides is 1. The molecular formula is C16H26N2O2S.